The molecule has 0 bridgehead atoms. The van der Waals surface area contributed by atoms with Crippen molar-refractivity contribution in [3.8, 4) is 0 Å². The van der Waals surface area contributed by atoms with Crippen LogP contribution in [0.2, 0.25) is 10.0 Å². The maximum absolute atomic E-state index is 13.6. The molecule has 32 heavy (non-hydrogen) atoms. The lowest BCUT2D eigenvalue weighted by atomic mass is 9.69. The van der Waals surface area contributed by atoms with Crippen LogP contribution in [-0.4, -0.2) is 30.9 Å². The van der Waals surface area contributed by atoms with Gasteiger partial charge in [0.1, 0.15) is 5.92 Å². The van der Waals surface area contributed by atoms with E-state index in [1.807, 2.05) is 20.8 Å². The monoisotopic (exact) mass is 479 g/mol. The quantitative estimate of drug-likeness (QED) is 0.475. The van der Waals surface area contributed by atoms with E-state index in [9.17, 15) is 14.4 Å². The van der Waals surface area contributed by atoms with Crippen LogP contribution in [0.15, 0.2) is 40.7 Å². The third-order valence-corrected chi connectivity index (χ3v) is 6.86. The molecule has 3 rings (SSSR count). The molecule has 1 aromatic carbocycles. The van der Waals surface area contributed by atoms with Gasteiger partial charge in [0.25, 0.3) is 0 Å². The number of hydrogen-bond acceptors (Lipinski definition) is 6. The Bertz CT molecular complexity index is 1030. The van der Waals surface area contributed by atoms with Crippen LogP contribution < -0.4 is 5.32 Å². The van der Waals surface area contributed by atoms with E-state index in [1.54, 1.807) is 25.1 Å². The molecule has 6 nitrogen and oxygen atoms in total. The van der Waals surface area contributed by atoms with Crippen LogP contribution in [-0.2, 0) is 23.9 Å². The number of methoxy groups -OCH3 is 1. The summed E-state index contributed by atoms with van der Waals surface area (Å²) < 4.78 is 10.5. The van der Waals surface area contributed by atoms with Crippen molar-refractivity contribution in [3.05, 3.63) is 56.3 Å². The summed E-state index contributed by atoms with van der Waals surface area (Å²) in [7, 11) is 1.26. The van der Waals surface area contributed by atoms with Gasteiger partial charge in [-0.3, -0.25) is 9.59 Å². The Balaban J connectivity index is 2.19. The molecule has 4 atom stereocenters. The van der Waals surface area contributed by atoms with E-state index in [-0.39, 0.29) is 17.8 Å². The second kappa shape index (κ2) is 9.67. The number of ketones is 1. The van der Waals surface area contributed by atoms with Crippen LogP contribution in [0.1, 0.15) is 52.0 Å². The highest BCUT2D eigenvalue weighted by atomic mass is 35.5. The van der Waals surface area contributed by atoms with Crippen molar-refractivity contribution in [2.75, 3.05) is 7.11 Å². The molecule has 1 N–H and O–H groups in total. The summed E-state index contributed by atoms with van der Waals surface area (Å²) in [5.41, 5.74) is 2.59. The van der Waals surface area contributed by atoms with Gasteiger partial charge < -0.3 is 14.8 Å². The number of benzene rings is 1. The van der Waals surface area contributed by atoms with Crippen molar-refractivity contribution >= 4 is 40.9 Å². The van der Waals surface area contributed by atoms with Gasteiger partial charge in [0.15, 0.2) is 5.78 Å². The molecule has 0 aromatic heterocycles. The van der Waals surface area contributed by atoms with Crippen LogP contribution >= 0.6 is 23.2 Å². The minimum absolute atomic E-state index is 0.253. The molecule has 0 spiro atoms. The van der Waals surface area contributed by atoms with E-state index >= 15 is 0 Å². The number of ether oxygens (including phenoxy) is 2. The summed E-state index contributed by atoms with van der Waals surface area (Å²) >= 11 is 12.4. The summed E-state index contributed by atoms with van der Waals surface area (Å²) in [5, 5.41) is 3.90. The molecule has 172 valence electrons. The van der Waals surface area contributed by atoms with Crippen LogP contribution in [0.3, 0.4) is 0 Å². The summed E-state index contributed by atoms with van der Waals surface area (Å²) in [6.45, 7) is 7.35. The number of carbonyl (C=O) groups is 3. The van der Waals surface area contributed by atoms with Crippen LogP contribution in [0.4, 0.5) is 0 Å². The van der Waals surface area contributed by atoms with Gasteiger partial charge in [-0.05, 0) is 50.3 Å². The first kappa shape index (κ1) is 24.3. The lowest BCUT2D eigenvalue weighted by Gasteiger charge is -2.38. The molecule has 0 fully saturated rings. The normalized spacial score (nSPS) is 24.0. The molecule has 0 saturated carbocycles. The molecule has 1 aromatic rings. The van der Waals surface area contributed by atoms with Gasteiger partial charge in [0, 0.05) is 22.9 Å². The third-order valence-electron chi connectivity index (χ3n) is 6.12. The van der Waals surface area contributed by atoms with Gasteiger partial charge in [-0.2, -0.15) is 0 Å². The lowest BCUT2D eigenvalue weighted by molar-refractivity contribution is -0.151. The zero-order valence-corrected chi connectivity index (χ0v) is 20.3. The first-order valence-corrected chi connectivity index (χ1v) is 11.3. The molecule has 0 saturated heterocycles. The Morgan fingerprint density at radius 3 is 2.53 bits per heavy atom. The first-order chi connectivity index (χ1) is 15.1. The molecule has 1 aliphatic heterocycles. The van der Waals surface area contributed by atoms with Crippen LogP contribution in [0.25, 0.3) is 0 Å². The van der Waals surface area contributed by atoms with Crippen molar-refractivity contribution in [2.24, 2.45) is 11.8 Å². The fourth-order valence-corrected chi connectivity index (χ4v) is 4.61. The van der Waals surface area contributed by atoms with Crippen molar-refractivity contribution < 1.29 is 23.9 Å². The van der Waals surface area contributed by atoms with Crippen molar-refractivity contribution in [1.82, 2.24) is 5.32 Å². The number of Topliss-reactive ketones (excluding diaryl/α,β-unsaturated/α-hetero) is 1. The Kier molecular flexibility index (Phi) is 7.36. The standard InChI is InChI=1S/C24H27Cl2NO5/c1-6-12(3)32-24(30)19-13(4)27-17-9-11(2)18(23(29)31-5)22(28)21(17)20(19)14-7-8-15(25)16(26)10-14/h7-8,10-12,18,20,27H,6,9H2,1-5H3. The average Bonchev–Trinajstić information content (AvgIpc) is 2.74. The van der Waals surface area contributed by atoms with Gasteiger partial charge in [-0.1, -0.05) is 43.1 Å². The van der Waals surface area contributed by atoms with Gasteiger partial charge in [-0.25, -0.2) is 4.79 Å². The number of nitrogens with one attached hydrogen (secondary N) is 1. The Morgan fingerprint density at radius 2 is 1.94 bits per heavy atom. The fourth-order valence-electron chi connectivity index (χ4n) is 4.31. The number of hydrogen-bond donors (Lipinski definition) is 1. The summed E-state index contributed by atoms with van der Waals surface area (Å²) in [4.78, 5) is 39.3. The molecule has 8 heteroatoms. The number of allylic oxidation sites excluding steroid dienone is 3. The van der Waals surface area contributed by atoms with E-state index in [1.165, 1.54) is 7.11 Å². The highest BCUT2D eigenvalue weighted by Crippen LogP contribution is 2.46. The summed E-state index contributed by atoms with van der Waals surface area (Å²) in [6, 6.07) is 5.01. The zero-order valence-electron chi connectivity index (χ0n) is 18.8. The van der Waals surface area contributed by atoms with Gasteiger partial charge in [0.2, 0.25) is 0 Å². The van der Waals surface area contributed by atoms with E-state index in [0.717, 1.165) is 0 Å². The molecule has 2 aliphatic rings. The van der Waals surface area contributed by atoms with E-state index in [0.29, 0.717) is 51.0 Å². The summed E-state index contributed by atoms with van der Waals surface area (Å²) in [6.07, 6.45) is 0.819. The molecule has 4 unspecified atom stereocenters. The number of dihydropyridines is 1. The molecule has 0 amide bonds. The third kappa shape index (κ3) is 4.44. The number of esters is 2. The van der Waals surface area contributed by atoms with E-state index in [4.69, 9.17) is 32.7 Å². The number of rotatable bonds is 5. The Morgan fingerprint density at radius 1 is 1.25 bits per heavy atom. The largest absolute Gasteiger partial charge is 0.468 e. The minimum Gasteiger partial charge on any atom is -0.468 e. The number of halogens is 2. The smallest absolute Gasteiger partial charge is 0.337 e. The Hall–Kier alpha value is -2.31. The van der Waals surface area contributed by atoms with Crippen LogP contribution in [0, 0.1) is 11.8 Å². The second-order valence-electron chi connectivity index (χ2n) is 8.33. The van der Waals surface area contributed by atoms with Crippen molar-refractivity contribution in [2.45, 2.75) is 52.6 Å². The molecule has 1 aliphatic carbocycles. The molecular weight excluding hydrogens is 453 g/mol. The topological polar surface area (TPSA) is 81.7 Å². The number of carbonyl (C=O) groups excluding carboxylic acids is 3. The maximum atomic E-state index is 13.6. The summed E-state index contributed by atoms with van der Waals surface area (Å²) in [5.74, 6) is -3.42. The SMILES string of the molecule is CCC(C)OC(=O)C1=C(C)NC2=C(C(=O)C(C(=O)OC)C(C)C2)C1c1ccc(Cl)c(Cl)c1. The Labute approximate surface area is 197 Å². The lowest BCUT2D eigenvalue weighted by Crippen LogP contribution is -2.43. The molecular formula is C24H27Cl2NO5. The zero-order chi connectivity index (χ0) is 23.7. The van der Waals surface area contributed by atoms with Crippen LogP contribution in [0.5, 0.6) is 0 Å². The van der Waals surface area contributed by atoms with Crippen molar-refractivity contribution in [1.29, 1.82) is 0 Å². The highest BCUT2D eigenvalue weighted by Gasteiger charge is 2.47. The predicted molar refractivity (Wildman–Crippen MR) is 122 cm³/mol. The maximum Gasteiger partial charge on any atom is 0.337 e. The second-order valence-corrected chi connectivity index (χ2v) is 9.15. The highest BCUT2D eigenvalue weighted by molar-refractivity contribution is 6.42. The van der Waals surface area contributed by atoms with E-state index in [2.05, 4.69) is 5.32 Å². The van der Waals surface area contributed by atoms with Crippen molar-refractivity contribution in [3.63, 3.8) is 0 Å². The van der Waals surface area contributed by atoms with Gasteiger partial charge in [-0.15, -0.1) is 0 Å². The molecule has 1 heterocycles. The first-order valence-electron chi connectivity index (χ1n) is 10.6. The minimum atomic E-state index is -0.948. The average molecular weight is 480 g/mol. The van der Waals surface area contributed by atoms with Gasteiger partial charge in [0.05, 0.1) is 28.8 Å². The van der Waals surface area contributed by atoms with E-state index < -0.39 is 23.8 Å². The molecule has 0 radical (unpaired) electrons. The predicted octanol–water partition coefficient (Wildman–Crippen LogP) is 4.95. The fraction of sp³-hybridized carbons (Fsp3) is 0.458. The van der Waals surface area contributed by atoms with Gasteiger partial charge >= 0.3 is 11.9 Å².